The maximum atomic E-state index is 9.52. The van der Waals surface area contributed by atoms with E-state index in [2.05, 4.69) is 24.9 Å². The number of hydrogen-bond donors (Lipinski definition) is 2. The molecule has 17 heavy (non-hydrogen) atoms. The molecule has 2 rings (SSSR count). The molecule has 1 aliphatic carbocycles. The summed E-state index contributed by atoms with van der Waals surface area (Å²) in [6, 6.07) is 8.24. The molecule has 1 aromatic rings. The first-order valence-electron chi connectivity index (χ1n) is 6.34. The highest BCUT2D eigenvalue weighted by Gasteiger charge is 2.34. The fourth-order valence-corrected chi connectivity index (χ4v) is 2.48. The molecular formula is C14H22N2O. The Kier molecular flexibility index (Phi) is 3.69. The topological polar surface area (TPSA) is 49.5 Å². The zero-order valence-electron chi connectivity index (χ0n) is 10.6. The van der Waals surface area contributed by atoms with Crippen LogP contribution in [0.4, 0.5) is 0 Å². The number of phenols is 1. The summed E-state index contributed by atoms with van der Waals surface area (Å²) in [5.74, 6) is 1.10. The number of likely N-dealkylation sites (N-methyl/N-ethyl adjacent to an activating group) is 1. The second-order valence-corrected chi connectivity index (χ2v) is 5.08. The average molecular weight is 234 g/mol. The monoisotopic (exact) mass is 234 g/mol. The molecule has 0 spiro atoms. The molecule has 0 saturated heterocycles. The Hall–Kier alpha value is -1.06. The van der Waals surface area contributed by atoms with E-state index in [1.54, 1.807) is 6.07 Å². The number of benzene rings is 1. The molecule has 0 aliphatic heterocycles. The summed E-state index contributed by atoms with van der Waals surface area (Å²) in [7, 11) is 2.13. The van der Waals surface area contributed by atoms with E-state index in [9.17, 15) is 5.11 Å². The van der Waals surface area contributed by atoms with Crippen LogP contribution in [0.2, 0.25) is 0 Å². The fourth-order valence-electron chi connectivity index (χ4n) is 2.48. The zero-order chi connectivity index (χ0) is 12.4. The Morgan fingerprint density at radius 2 is 2.18 bits per heavy atom. The molecular weight excluding hydrogens is 212 g/mol. The first-order chi connectivity index (χ1) is 8.13. The molecule has 0 heterocycles. The van der Waals surface area contributed by atoms with E-state index in [-0.39, 0.29) is 6.04 Å². The van der Waals surface area contributed by atoms with Gasteiger partial charge in [0, 0.05) is 18.6 Å². The second-order valence-electron chi connectivity index (χ2n) is 5.08. The van der Waals surface area contributed by atoms with Crippen molar-refractivity contribution in [2.75, 3.05) is 13.6 Å². The van der Waals surface area contributed by atoms with Gasteiger partial charge in [0.05, 0.1) is 0 Å². The predicted molar refractivity (Wildman–Crippen MR) is 69.9 cm³/mol. The standard InChI is InChI=1S/C14H22N2O/c1-10(12-4-3-5-13(17)8-12)16(2)14(9-15)11-6-7-11/h3-5,8,10-11,14,17H,6-7,9,15H2,1-2H3. The minimum atomic E-state index is 0.288. The van der Waals surface area contributed by atoms with Gasteiger partial charge in [-0.25, -0.2) is 0 Å². The highest BCUT2D eigenvalue weighted by atomic mass is 16.3. The first-order valence-corrected chi connectivity index (χ1v) is 6.34. The number of nitrogens with zero attached hydrogens (tertiary/aromatic N) is 1. The van der Waals surface area contributed by atoms with E-state index in [0.717, 1.165) is 11.5 Å². The maximum absolute atomic E-state index is 9.52. The van der Waals surface area contributed by atoms with Crippen molar-refractivity contribution >= 4 is 0 Å². The lowest BCUT2D eigenvalue weighted by Gasteiger charge is -2.33. The van der Waals surface area contributed by atoms with Crippen molar-refractivity contribution < 1.29 is 5.11 Å². The third kappa shape index (κ3) is 2.79. The van der Waals surface area contributed by atoms with Gasteiger partial charge in [0.1, 0.15) is 5.75 Å². The molecule has 2 atom stereocenters. The van der Waals surface area contributed by atoms with Crippen molar-refractivity contribution in [3.05, 3.63) is 29.8 Å². The van der Waals surface area contributed by atoms with Crippen LogP contribution in [0.15, 0.2) is 24.3 Å². The summed E-state index contributed by atoms with van der Waals surface area (Å²) < 4.78 is 0. The van der Waals surface area contributed by atoms with Crippen LogP contribution in [-0.4, -0.2) is 29.6 Å². The average Bonchev–Trinajstić information content (AvgIpc) is 3.13. The normalized spacial score (nSPS) is 19.3. The summed E-state index contributed by atoms with van der Waals surface area (Å²) in [5, 5.41) is 9.52. The lowest BCUT2D eigenvalue weighted by atomic mass is 10.0. The minimum absolute atomic E-state index is 0.288. The van der Waals surface area contributed by atoms with Crippen molar-refractivity contribution in [1.82, 2.24) is 4.90 Å². The van der Waals surface area contributed by atoms with Gasteiger partial charge in [0.25, 0.3) is 0 Å². The van der Waals surface area contributed by atoms with Crippen molar-refractivity contribution in [2.24, 2.45) is 11.7 Å². The quantitative estimate of drug-likeness (QED) is 0.820. The molecule has 0 radical (unpaired) electrons. The van der Waals surface area contributed by atoms with Gasteiger partial charge in [0.15, 0.2) is 0 Å². The van der Waals surface area contributed by atoms with Gasteiger partial charge in [0.2, 0.25) is 0 Å². The first kappa shape index (κ1) is 12.4. The SMILES string of the molecule is CC(c1cccc(O)c1)N(C)C(CN)C1CC1. The maximum Gasteiger partial charge on any atom is 0.115 e. The van der Waals surface area contributed by atoms with E-state index in [4.69, 9.17) is 5.73 Å². The van der Waals surface area contributed by atoms with Crippen LogP contribution in [0.1, 0.15) is 31.4 Å². The third-order valence-corrected chi connectivity index (χ3v) is 3.89. The van der Waals surface area contributed by atoms with Crippen LogP contribution in [0, 0.1) is 5.92 Å². The molecule has 1 aliphatic rings. The van der Waals surface area contributed by atoms with Crippen LogP contribution in [0.25, 0.3) is 0 Å². The fraction of sp³-hybridized carbons (Fsp3) is 0.571. The Bertz CT molecular complexity index is 376. The van der Waals surface area contributed by atoms with Gasteiger partial charge in [-0.1, -0.05) is 12.1 Å². The lowest BCUT2D eigenvalue weighted by Crippen LogP contribution is -2.41. The van der Waals surface area contributed by atoms with E-state index < -0.39 is 0 Å². The summed E-state index contributed by atoms with van der Waals surface area (Å²) >= 11 is 0. The van der Waals surface area contributed by atoms with E-state index >= 15 is 0 Å². The smallest absolute Gasteiger partial charge is 0.115 e. The molecule has 94 valence electrons. The van der Waals surface area contributed by atoms with Crippen molar-refractivity contribution in [2.45, 2.75) is 31.8 Å². The Labute approximate surface area is 103 Å². The summed E-state index contributed by atoms with van der Waals surface area (Å²) in [4.78, 5) is 2.34. The molecule has 3 heteroatoms. The van der Waals surface area contributed by atoms with Crippen LogP contribution in [-0.2, 0) is 0 Å². The number of phenolic OH excluding ortho intramolecular Hbond substituents is 1. The molecule has 3 N–H and O–H groups in total. The molecule has 1 aromatic carbocycles. The Morgan fingerprint density at radius 3 is 2.71 bits per heavy atom. The lowest BCUT2D eigenvalue weighted by molar-refractivity contribution is 0.170. The number of rotatable bonds is 5. The Morgan fingerprint density at radius 1 is 1.47 bits per heavy atom. The summed E-state index contributed by atoms with van der Waals surface area (Å²) in [6.07, 6.45) is 2.61. The van der Waals surface area contributed by atoms with Crippen LogP contribution >= 0.6 is 0 Å². The van der Waals surface area contributed by atoms with Gasteiger partial charge < -0.3 is 10.8 Å². The molecule has 0 aromatic heterocycles. The second kappa shape index (κ2) is 5.07. The van der Waals surface area contributed by atoms with Crippen LogP contribution in [0.5, 0.6) is 5.75 Å². The largest absolute Gasteiger partial charge is 0.508 e. The molecule has 1 fully saturated rings. The molecule has 2 unspecified atom stereocenters. The van der Waals surface area contributed by atoms with Crippen LogP contribution in [0.3, 0.4) is 0 Å². The van der Waals surface area contributed by atoms with E-state index in [1.165, 1.54) is 12.8 Å². The predicted octanol–water partition coefficient (Wildman–Crippen LogP) is 2.12. The summed E-state index contributed by atoms with van der Waals surface area (Å²) in [6.45, 7) is 2.88. The van der Waals surface area contributed by atoms with Crippen molar-refractivity contribution in [3.8, 4) is 5.75 Å². The Balaban J connectivity index is 2.10. The van der Waals surface area contributed by atoms with Gasteiger partial charge in [-0.15, -0.1) is 0 Å². The van der Waals surface area contributed by atoms with Gasteiger partial charge in [-0.2, -0.15) is 0 Å². The van der Waals surface area contributed by atoms with E-state index in [1.807, 2.05) is 12.1 Å². The highest BCUT2D eigenvalue weighted by Crippen LogP contribution is 2.37. The molecule has 1 saturated carbocycles. The highest BCUT2D eigenvalue weighted by molar-refractivity contribution is 5.29. The number of hydrogen-bond acceptors (Lipinski definition) is 3. The number of aromatic hydroxyl groups is 1. The van der Waals surface area contributed by atoms with Crippen molar-refractivity contribution in [3.63, 3.8) is 0 Å². The van der Waals surface area contributed by atoms with Gasteiger partial charge >= 0.3 is 0 Å². The molecule has 0 amide bonds. The van der Waals surface area contributed by atoms with Gasteiger partial charge in [-0.05, 0) is 50.4 Å². The minimum Gasteiger partial charge on any atom is -0.508 e. The third-order valence-electron chi connectivity index (χ3n) is 3.89. The van der Waals surface area contributed by atoms with Gasteiger partial charge in [-0.3, -0.25) is 4.90 Å². The van der Waals surface area contributed by atoms with Crippen LogP contribution < -0.4 is 5.73 Å². The molecule has 0 bridgehead atoms. The van der Waals surface area contributed by atoms with E-state index in [0.29, 0.717) is 18.3 Å². The molecule has 3 nitrogen and oxygen atoms in total. The summed E-state index contributed by atoms with van der Waals surface area (Å²) in [5.41, 5.74) is 7.01. The number of nitrogens with two attached hydrogens (primary N) is 1. The van der Waals surface area contributed by atoms with Crippen molar-refractivity contribution in [1.29, 1.82) is 0 Å². The zero-order valence-corrected chi connectivity index (χ0v) is 10.6.